The van der Waals surface area contributed by atoms with E-state index >= 15 is 0 Å². The summed E-state index contributed by atoms with van der Waals surface area (Å²) in [7, 11) is 0. The van der Waals surface area contributed by atoms with Crippen molar-refractivity contribution < 1.29 is 4.74 Å². The fourth-order valence-corrected chi connectivity index (χ4v) is 2.79. The minimum absolute atomic E-state index is 0.0416. The molecule has 0 saturated heterocycles. The highest BCUT2D eigenvalue weighted by Gasteiger charge is 2.11. The lowest BCUT2D eigenvalue weighted by Crippen LogP contribution is -1.99. The fourth-order valence-electron chi connectivity index (χ4n) is 2.48. The SMILES string of the molecule is [CH2]C(c1cccc(OCc2ccccc2)c1)c1ccc(Cl)c(Cl)c1. The Bertz CT molecular complexity index is 815. The van der Waals surface area contributed by atoms with Gasteiger partial charge in [0.2, 0.25) is 0 Å². The molecule has 24 heavy (non-hydrogen) atoms. The van der Waals surface area contributed by atoms with Crippen molar-refractivity contribution >= 4 is 23.2 Å². The number of rotatable bonds is 5. The first-order chi connectivity index (χ1) is 11.6. The molecule has 0 aromatic heterocycles. The first kappa shape index (κ1) is 16.9. The Morgan fingerprint density at radius 2 is 1.54 bits per heavy atom. The summed E-state index contributed by atoms with van der Waals surface area (Å²) >= 11 is 12.1. The molecule has 0 amide bonds. The van der Waals surface area contributed by atoms with Crippen LogP contribution in [0.5, 0.6) is 5.75 Å². The second kappa shape index (κ2) is 7.74. The lowest BCUT2D eigenvalue weighted by molar-refractivity contribution is 0.306. The summed E-state index contributed by atoms with van der Waals surface area (Å²) in [5.74, 6) is 0.783. The zero-order valence-corrected chi connectivity index (χ0v) is 14.6. The molecule has 0 heterocycles. The Morgan fingerprint density at radius 3 is 2.29 bits per heavy atom. The van der Waals surface area contributed by atoms with E-state index in [9.17, 15) is 0 Å². The highest BCUT2D eigenvalue weighted by atomic mass is 35.5. The molecule has 3 rings (SSSR count). The van der Waals surface area contributed by atoms with Gasteiger partial charge in [-0.15, -0.1) is 0 Å². The van der Waals surface area contributed by atoms with E-state index in [1.807, 2.05) is 66.7 Å². The van der Waals surface area contributed by atoms with Gasteiger partial charge < -0.3 is 4.74 Å². The lowest BCUT2D eigenvalue weighted by atomic mass is 9.93. The molecule has 0 bridgehead atoms. The largest absolute Gasteiger partial charge is 0.489 e. The van der Waals surface area contributed by atoms with Gasteiger partial charge in [0.1, 0.15) is 12.4 Å². The van der Waals surface area contributed by atoms with Crippen molar-refractivity contribution in [2.45, 2.75) is 12.5 Å². The molecule has 0 aliphatic heterocycles. The molecule has 3 aromatic carbocycles. The molecular formula is C21H17Cl2O. The van der Waals surface area contributed by atoms with Crippen molar-refractivity contribution in [2.75, 3.05) is 0 Å². The molecule has 0 aliphatic carbocycles. The minimum Gasteiger partial charge on any atom is -0.489 e. The van der Waals surface area contributed by atoms with Gasteiger partial charge in [0.05, 0.1) is 10.0 Å². The third-order valence-corrected chi connectivity index (χ3v) is 4.59. The number of ether oxygens (including phenoxy) is 1. The molecule has 1 unspecified atom stereocenters. The molecule has 121 valence electrons. The average molecular weight is 356 g/mol. The van der Waals surface area contributed by atoms with Crippen LogP contribution in [0.4, 0.5) is 0 Å². The quantitative estimate of drug-likeness (QED) is 0.504. The standard InChI is InChI=1S/C21H17Cl2O/c1-15(18-10-11-20(22)21(23)13-18)17-8-5-9-19(12-17)24-14-16-6-3-2-4-7-16/h2-13,15H,1,14H2. The zero-order chi connectivity index (χ0) is 16.9. The van der Waals surface area contributed by atoms with Crippen molar-refractivity contribution in [3.63, 3.8) is 0 Å². The Morgan fingerprint density at radius 1 is 0.792 bits per heavy atom. The van der Waals surface area contributed by atoms with Gasteiger partial charge in [-0.1, -0.05) is 71.7 Å². The van der Waals surface area contributed by atoms with E-state index in [1.165, 1.54) is 0 Å². The average Bonchev–Trinajstić information content (AvgIpc) is 2.63. The van der Waals surface area contributed by atoms with Gasteiger partial charge in [-0.05, 0) is 47.9 Å². The summed E-state index contributed by atoms with van der Waals surface area (Å²) in [5.41, 5.74) is 3.22. The van der Waals surface area contributed by atoms with E-state index in [0.717, 1.165) is 22.4 Å². The molecule has 0 fully saturated rings. The van der Waals surface area contributed by atoms with Crippen LogP contribution in [0.15, 0.2) is 72.8 Å². The maximum absolute atomic E-state index is 6.11. The second-order valence-corrected chi connectivity index (χ2v) is 6.39. The van der Waals surface area contributed by atoms with Crippen molar-refractivity contribution in [3.05, 3.63) is 106 Å². The molecule has 0 N–H and O–H groups in total. The van der Waals surface area contributed by atoms with Gasteiger partial charge in [0.15, 0.2) is 0 Å². The summed E-state index contributed by atoms with van der Waals surface area (Å²) in [4.78, 5) is 0. The Labute approximate surface area is 152 Å². The first-order valence-electron chi connectivity index (χ1n) is 7.68. The monoisotopic (exact) mass is 355 g/mol. The highest BCUT2D eigenvalue weighted by molar-refractivity contribution is 6.42. The lowest BCUT2D eigenvalue weighted by Gasteiger charge is -2.15. The van der Waals surface area contributed by atoms with Crippen LogP contribution >= 0.6 is 23.2 Å². The number of hydrogen-bond donors (Lipinski definition) is 0. The summed E-state index contributed by atoms with van der Waals surface area (Å²) in [6.07, 6.45) is 0. The van der Waals surface area contributed by atoms with Crippen LogP contribution in [-0.4, -0.2) is 0 Å². The maximum Gasteiger partial charge on any atom is 0.120 e. The Hall–Kier alpha value is -1.96. The molecule has 3 aromatic rings. The smallest absolute Gasteiger partial charge is 0.120 e. The molecule has 0 spiro atoms. The Kier molecular flexibility index (Phi) is 5.44. The van der Waals surface area contributed by atoms with Crippen LogP contribution in [0.3, 0.4) is 0 Å². The van der Waals surface area contributed by atoms with E-state index in [-0.39, 0.29) is 5.92 Å². The summed E-state index contributed by atoms with van der Waals surface area (Å²) < 4.78 is 5.89. The summed E-state index contributed by atoms with van der Waals surface area (Å²) in [5, 5.41) is 1.09. The summed E-state index contributed by atoms with van der Waals surface area (Å²) in [6, 6.07) is 23.7. The Balaban J connectivity index is 1.75. The van der Waals surface area contributed by atoms with Crippen LogP contribution in [0.2, 0.25) is 10.0 Å². The highest BCUT2D eigenvalue weighted by Crippen LogP contribution is 2.31. The predicted molar refractivity (Wildman–Crippen MR) is 101 cm³/mol. The van der Waals surface area contributed by atoms with E-state index in [0.29, 0.717) is 16.7 Å². The van der Waals surface area contributed by atoms with Crippen molar-refractivity contribution in [1.82, 2.24) is 0 Å². The van der Waals surface area contributed by atoms with E-state index in [4.69, 9.17) is 27.9 Å². The molecule has 0 aliphatic rings. The number of halogens is 2. The maximum atomic E-state index is 6.11. The number of hydrogen-bond acceptors (Lipinski definition) is 1. The van der Waals surface area contributed by atoms with Crippen LogP contribution in [0, 0.1) is 6.92 Å². The van der Waals surface area contributed by atoms with Crippen LogP contribution in [-0.2, 0) is 6.61 Å². The van der Waals surface area contributed by atoms with Crippen molar-refractivity contribution in [1.29, 1.82) is 0 Å². The van der Waals surface area contributed by atoms with Crippen molar-refractivity contribution in [2.24, 2.45) is 0 Å². The third-order valence-electron chi connectivity index (χ3n) is 3.85. The van der Waals surface area contributed by atoms with Gasteiger partial charge in [-0.2, -0.15) is 0 Å². The normalized spacial score (nSPS) is 12.0. The van der Waals surface area contributed by atoms with Gasteiger partial charge >= 0.3 is 0 Å². The molecule has 3 heteroatoms. The van der Waals surface area contributed by atoms with Gasteiger partial charge in [0, 0.05) is 5.92 Å². The first-order valence-corrected chi connectivity index (χ1v) is 8.44. The summed E-state index contributed by atoms with van der Waals surface area (Å²) in [6.45, 7) is 4.79. The second-order valence-electron chi connectivity index (χ2n) is 5.57. The molecule has 0 saturated carbocycles. The molecule has 1 atom stereocenters. The van der Waals surface area contributed by atoms with Crippen molar-refractivity contribution in [3.8, 4) is 5.75 Å². The van der Waals surface area contributed by atoms with E-state index in [1.54, 1.807) is 6.07 Å². The topological polar surface area (TPSA) is 9.23 Å². The van der Waals surface area contributed by atoms with Crippen LogP contribution < -0.4 is 4.74 Å². The zero-order valence-electron chi connectivity index (χ0n) is 13.1. The minimum atomic E-state index is -0.0416. The predicted octanol–water partition coefficient (Wildman–Crippen LogP) is 6.54. The fraction of sp³-hybridized carbons (Fsp3) is 0.0952. The molecule has 1 radical (unpaired) electrons. The van der Waals surface area contributed by atoms with E-state index in [2.05, 4.69) is 6.92 Å². The van der Waals surface area contributed by atoms with Gasteiger partial charge in [0.25, 0.3) is 0 Å². The third kappa shape index (κ3) is 4.11. The number of benzene rings is 3. The van der Waals surface area contributed by atoms with Gasteiger partial charge in [-0.25, -0.2) is 0 Å². The molecular weight excluding hydrogens is 339 g/mol. The van der Waals surface area contributed by atoms with Crippen LogP contribution in [0.1, 0.15) is 22.6 Å². The van der Waals surface area contributed by atoms with Crippen LogP contribution in [0.25, 0.3) is 0 Å². The van der Waals surface area contributed by atoms with Gasteiger partial charge in [-0.3, -0.25) is 0 Å². The van der Waals surface area contributed by atoms with E-state index < -0.39 is 0 Å². The molecule has 1 nitrogen and oxygen atoms in total.